The van der Waals surface area contributed by atoms with Crippen LogP contribution in [0.1, 0.15) is 24.9 Å². The van der Waals surface area contributed by atoms with Crippen molar-refractivity contribution in [1.29, 1.82) is 0 Å². The van der Waals surface area contributed by atoms with Crippen LogP contribution in [0.4, 0.5) is 10.1 Å². The van der Waals surface area contributed by atoms with Crippen molar-refractivity contribution in [2.45, 2.75) is 24.3 Å². The Bertz CT molecular complexity index is 1450. The summed E-state index contributed by atoms with van der Waals surface area (Å²) in [5, 5.41) is 0. The van der Waals surface area contributed by atoms with E-state index in [1.54, 1.807) is 30.3 Å². The van der Waals surface area contributed by atoms with Gasteiger partial charge in [0.2, 0.25) is 0 Å². The first-order valence-corrected chi connectivity index (χ1v) is 12.6. The van der Waals surface area contributed by atoms with E-state index in [2.05, 4.69) is 0 Å². The van der Waals surface area contributed by atoms with E-state index in [9.17, 15) is 12.8 Å². The van der Waals surface area contributed by atoms with E-state index in [1.165, 1.54) is 23.5 Å². The molecule has 1 aliphatic heterocycles. The lowest BCUT2D eigenvalue weighted by Crippen LogP contribution is -2.37. The van der Waals surface area contributed by atoms with Crippen LogP contribution in [0.5, 0.6) is 5.75 Å². The number of hydrogen-bond acceptors (Lipinski definition) is 3. The summed E-state index contributed by atoms with van der Waals surface area (Å²) in [6.45, 7) is 1.92. The Balaban J connectivity index is 1.74. The molecule has 0 bridgehead atoms. The monoisotopic (exact) mass is 473 g/mol. The Kier molecular flexibility index (Phi) is 5.62. The Morgan fingerprint density at radius 3 is 2.26 bits per heavy atom. The van der Waals surface area contributed by atoms with Crippen LogP contribution >= 0.6 is 0 Å². The van der Waals surface area contributed by atoms with Gasteiger partial charge in [0.15, 0.2) is 0 Å². The fraction of sp³-hybridized carbons (Fsp3) is 0.143. The number of nitrogens with zero attached hydrogens (tertiary/aromatic N) is 1. The van der Waals surface area contributed by atoms with Crippen molar-refractivity contribution in [2.24, 2.45) is 0 Å². The molecule has 4 aromatic rings. The molecule has 0 aromatic heterocycles. The average molecular weight is 474 g/mol. The zero-order valence-corrected chi connectivity index (χ0v) is 19.7. The Morgan fingerprint density at radius 1 is 0.853 bits per heavy atom. The Labute approximate surface area is 199 Å². The molecular weight excluding hydrogens is 449 g/mol. The zero-order valence-electron chi connectivity index (χ0n) is 18.9. The maximum atomic E-state index is 14.4. The van der Waals surface area contributed by atoms with Gasteiger partial charge in [0, 0.05) is 5.56 Å². The maximum absolute atomic E-state index is 14.4. The molecule has 0 N–H and O–H groups in total. The number of anilines is 1. The van der Waals surface area contributed by atoms with E-state index >= 15 is 0 Å². The summed E-state index contributed by atoms with van der Waals surface area (Å²) in [6, 6.07) is 26.1. The van der Waals surface area contributed by atoms with Crippen LogP contribution in [-0.4, -0.2) is 15.5 Å². The van der Waals surface area contributed by atoms with Gasteiger partial charge >= 0.3 is 0 Å². The van der Waals surface area contributed by atoms with E-state index in [0.717, 1.165) is 22.3 Å². The fourth-order valence-electron chi connectivity index (χ4n) is 4.65. The van der Waals surface area contributed by atoms with Gasteiger partial charge in [-0.25, -0.2) is 12.8 Å². The summed E-state index contributed by atoms with van der Waals surface area (Å²) in [6.07, 6.45) is 0.492. The second kappa shape index (κ2) is 8.61. The highest BCUT2D eigenvalue weighted by atomic mass is 32.2. The number of rotatable bonds is 5. The smallest absolute Gasteiger partial charge is 0.264 e. The molecule has 4 aromatic carbocycles. The largest absolute Gasteiger partial charge is 0.497 e. The van der Waals surface area contributed by atoms with Gasteiger partial charge in [-0.15, -0.1) is 0 Å². The molecule has 1 heterocycles. The molecular formula is C28H24FNO3S. The summed E-state index contributed by atoms with van der Waals surface area (Å²) >= 11 is 0. The third-order valence-corrected chi connectivity index (χ3v) is 8.13. The fourth-order valence-corrected chi connectivity index (χ4v) is 6.37. The summed E-state index contributed by atoms with van der Waals surface area (Å²) in [5.41, 5.74) is 4.85. The number of ether oxygens (including phenoxy) is 1. The van der Waals surface area contributed by atoms with Crippen molar-refractivity contribution in [3.8, 4) is 28.0 Å². The first-order chi connectivity index (χ1) is 16.4. The number of benzene rings is 4. The van der Waals surface area contributed by atoms with E-state index in [-0.39, 0.29) is 10.7 Å². The third kappa shape index (κ3) is 3.64. The molecule has 1 unspecified atom stereocenters. The highest BCUT2D eigenvalue weighted by molar-refractivity contribution is 7.92. The molecule has 1 atom stereocenters. The first-order valence-electron chi connectivity index (χ1n) is 11.1. The summed E-state index contributed by atoms with van der Waals surface area (Å²) in [7, 11) is -2.40. The van der Waals surface area contributed by atoms with Crippen LogP contribution in [0.15, 0.2) is 95.9 Å². The molecule has 6 heteroatoms. The summed E-state index contributed by atoms with van der Waals surface area (Å²) in [5.74, 6) is 0.187. The van der Waals surface area contributed by atoms with Crippen molar-refractivity contribution in [3.05, 3.63) is 102 Å². The van der Waals surface area contributed by atoms with E-state index in [1.807, 2.05) is 55.5 Å². The lowest BCUT2D eigenvalue weighted by atomic mass is 9.87. The standard InChI is InChI=1S/C28H24FNO3S/c1-3-27-26-18-21(29)10-15-24(26)25-17-20(19-7-5-4-6-8-19)9-16-28(25)30(27)34(31,32)23-13-11-22(33-2)12-14-23/h4-18,27H,3H2,1-2H3. The highest BCUT2D eigenvalue weighted by Crippen LogP contribution is 2.49. The van der Waals surface area contributed by atoms with Gasteiger partial charge in [0.05, 0.1) is 23.7 Å². The predicted octanol–water partition coefficient (Wildman–Crippen LogP) is 6.83. The quantitative estimate of drug-likeness (QED) is 0.319. The maximum Gasteiger partial charge on any atom is 0.264 e. The highest BCUT2D eigenvalue weighted by Gasteiger charge is 2.38. The van der Waals surface area contributed by atoms with Crippen LogP contribution in [0.3, 0.4) is 0 Å². The zero-order chi connectivity index (χ0) is 23.9. The van der Waals surface area contributed by atoms with Gasteiger partial charge in [0.1, 0.15) is 11.6 Å². The minimum absolute atomic E-state index is 0.157. The minimum atomic E-state index is -3.94. The summed E-state index contributed by atoms with van der Waals surface area (Å²) in [4.78, 5) is 0.157. The average Bonchev–Trinajstić information content (AvgIpc) is 2.87. The van der Waals surface area contributed by atoms with Crippen molar-refractivity contribution in [1.82, 2.24) is 0 Å². The van der Waals surface area contributed by atoms with Crippen LogP contribution in [0.25, 0.3) is 22.3 Å². The number of hydrogen-bond donors (Lipinski definition) is 0. The number of sulfonamides is 1. The lowest BCUT2D eigenvalue weighted by Gasteiger charge is -2.39. The van der Waals surface area contributed by atoms with Crippen LogP contribution in [0, 0.1) is 5.82 Å². The van der Waals surface area contributed by atoms with Crippen LogP contribution in [0.2, 0.25) is 0 Å². The Hall–Kier alpha value is -3.64. The second-order valence-electron chi connectivity index (χ2n) is 8.23. The van der Waals surface area contributed by atoms with Gasteiger partial charge < -0.3 is 4.74 Å². The summed E-state index contributed by atoms with van der Waals surface area (Å²) < 4.78 is 48.9. The van der Waals surface area contributed by atoms with E-state index < -0.39 is 16.1 Å². The molecule has 0 saturated heterocycles. The normalized spacial score (nSPS) is 14.9. The molecule has 172 valence electrons. The van der Waals surface area contributed by atoms with Gasteiger partial charge in [-0.3, -0.25) is 4.31 Å². The van der Waals surface area contributed by atoms with Crippen molar-refractivity contribution in [2.75, 3.05) is 11.4 Å². The molecule has 0 saturated carbocycles. The molecule has 1 aliphatic rings. The van der Waals surface area contributed by atoms with E-state index in [4.69, 9.17) is 4.74 Å². The number of methoxy groups -OCH3 is 1. The van der Waals surface area contributed by atoms with E-state index in [0.29, 0.717) is 23.4 Å². The molecule has 4 nitrogen and oxygen atoms in total. The lowest BCUT2D eigenvalue weighted by molar-refractivity contribution is 0.414. The van der Waals surface area contributed by atoms with Gasteiger partial charge in [-0.05, 0) is 77.2 Å². The Morgan fingerprint density at radius 2 is 1.59 bits per heavy atom. The van der Waals surface area contributed by atoms with Crippen LogP contribution in [-0.2, 0) is 10.0 Å². The predicted molar refractivity (Wildman–Crippen MR) is 133 cm³/mol. The minimum Gasteiger partial charge on any atom is -0.497 e. The van der Waals surface area contributed by atoms with Crippen molar-refractivity contribution >= 4 is 15.7 Å². The van der Waals surface area contributed by atoms with Crippen molar-refractivity contribution < 1.29 is 17.5 Å². The number of halogens is 1. The topological polar surface area (TPSA) is 46.6 Å². The van der Waals surface area contributed by atoms with Gasteiger partial charge in [-0.1, -0.05) is 49.4 Å². The van der Waals surface area contributed by atoms with Gasteiger partial charge in [-0.2, -0.15) is 0 Å². The molecule has 5 rings (SSSR count). The van der Waals surface area contributed by atoms with Crippen molar-refractivity contribution in [3.63, 3.8) is 0 Å². The molecule has 0 spiro atoms. The van der Waals surface area contributed by atoms with Gasteiger partial charge in [0.25, 0.3) is 10.0 Å². The first kappa shape index (κ1) is 22.2. The molecule has 0 aliphatic carbocycles. The molecule has 0 radical (unpaired) electrons. The molecule has 34 heavy (non-hydrogen) atoms. The SMILES string of the molecule is CCC1c2cc(F)ccc2-c2cc(-c3ccccc3)ccc2N1S(=O)(=O)c1ccc(OC)cc1. The molecule has 0 fully saturated rings. The second-order valence-corrected chi connectivity index (χ2v) is 10.0. The molecule has 0 amide bonds. The number of fused-ring (bicyclic) bond motifs is 3. The van der Waals surface area contributed by atoms with Crippen LogP contribution < -0.4 is 9.04 Å². The third-order valence-electron chi connectivity index (χ3n) is 6.29.